The van der Waals surface area contributed by atoms with Crippen molar-refractivity contribution in [2.75, 3.05) is 0 Å². The van der Waals surface area contributed by atoms with Crippen LogP contribution in [0.15, 0.2) is 23.8 Å². The monoisotopic (exact) mass is 208 g/mol. The summed E-state index contributed by atoms with van der Waals surface area (Å²) in [5.74, 6) is -1.41. The highest BCUT2D eigenvalue weighted by Crippen LogP contribution is 2.27. The van der Waals surface area contributed by atoms with E-state index < -0.39 is 17.9 Å². The van der Waals surface area contributed by atoms with E-state index in [-0.39, 0.29) is 6.42 Å². The second-order valence-electron chi connectivity index (χ2n) is 3.23. The number of rotatable bonds is 1. The summed E-state index contributed by atoms with van der Waals surface area (Å²) in [6.45, 7) is 0. The summed E-state index contributed by atoms with van der Waals surface area (Å²) >= 11 is 5.12. The van der Waals surface area contributed by atoms with E-state index in [1.807, 2.05) is 12.2 Å². The first-order valence-corrected chi connectivity index (χ1v) is 4.74. The van der Waals surface area contributed by atoms with Crippen molar-refractivity contribution in [1.29, 1.82) is 0 Å². The molecule has 1 saturated heterocycles. The number of esters is 2. The zero-order chi connectivity index (χ0) is 10.1. The smallest absolute Gasteiger partial charge is 0.321 e. The van der Waals surface area contributed by atoms with E-state index in [0.29, 0.717) is 6.42 Å². The molecular weight excluding hydrogens is 200 g/mol. The van der Waals surface area contributed by atoms with Gasteiger partial charge in [0, 0.05) is 11.3 Å². The molecule has 3 nitrogen and oxygen atoms in total. The maximum absolute atomic E-state index is 11.3. The predicted molar refractivity (Wildman–Crippen MR) is 53.6 cm³/mol. The largest absolute Gasteiger partial charge is 0.393 e. The molecule has 1 aliphatic carbocycles. The minimum Gasteiger partial charge on any atom is -0.393 e. The zero-order valence-electron chi connectivity index (χ0n) is 7.36. The summed E-state index contributed by atoms with van der Waals surface area (Å²) in [6, 6.07) is 0. The molecule has 0 aromatic rings. The number of cyclic esters (lactones) is 2. The van der Waals surface area contributed by atoms with Crippen molar-refractivity contribution >= 4 is 29.0 Å². The Morgan fingerprint density at radius 1 is 1.43 bits per heavy atom. The number of hydrogen-bond donors (Lipinski definition) is 0. The van der Waals surface area contributed by atoms with Crippen molar-refractivity contribution < 1.29 is 14.3 Å². The molecule has 0 aromatic heterocycles. The quantitative estimate of drug-likeness (QED) is 0.370. The molecule has 1 atom stereocenters. The molecular formula is C10H8O3S. The van der Waals surface area contributed by atoms with Crippen LogP contribution in [-0.4, -0.2) is 16.8 Å². The van der Waals surface area contributed by atoms with Gasteiger partial charge in [-0.1, -0.05) is 30.4 Å². The average molecular weight is 208 g/mol. The van der Waals surface area contributed by atoms with Gasteiger partial charge in [-0.3, -0.25) is 9.59 Å². The molecule has 0 aromatic carbocycles. The zero-order valence-corrected chi connectivity index (χ0v) is 8.17. The molecule has 0 spiro atoms. The molecule has 0 N–H and O–H groups in total. The molecule has 1 fully saturated rings. The van der Waals surface area contributed by atoms with Gasteiger partial charge in [-0.05, 0) is 5.57 Å². The first-order chi connectivity index (χ1) is 6.68. The number of allylic oxidation sites excluding steroid dienone is 3. The van der Waals surface area contributed by atoms with E-state index in [1.54, 1.807) is 6.08 Å². The third-order valence-electron chi connectivity index (χ3n) is 2.28. The molecule has 0 saturated carbocycles. The van der Waals surface area contributed by atoms with Gasteiger partial charge < -0.3 is 4.74 Å². The van der Waals surface area contributed by atoms with E-state index in [2.05, 4.69) is 4.74 Å². The summed E-state index contributed by atoms with van der Waals surface area (Å²) < 4.78 is 4.47. The Morgan fingerprint density at radius 2 is 2.21 bits per heavy atom. The van der Waals surface area contributed by atoms with Gasteiger partial charge in [0.2, 0.25) is 0 Å². The van der Waals surface area contributed by atoms with Gasteiger partial charge in [0.25, 0.3) is 0 Å². The fourth-order valence-electron chi connectivity index (χ4n) is 1.58. The molecule has 2 aliphatic rings. The maximum Gasteiger partial charge on any atom is 0.321 e. The predicted octanol–water partition coefficient (Wildman–Crippen LogP) is 1.33. The Kier molecular flexibility index (Phi) is 2.29. The molecule has 0 bridgehead atoms. The minimum atomic E-state index is -0.473. The van der Waals surface area contributed by atoms with Crippen LogP contribution in [0.3, 0.4) is 0 Å². The minimum absolute atomic E-state index is 0.124. The number of ether oxygens (including phenoxy) is 1. The van der Waals surface area contributed by atoms with Gasteiger partial charge in [0.1, 0.15) is 0 Å². The molecule has 4 heteroatoms. The van der Waals surface area contributed by atoms with Crippen LogP contribution in [0, 0.1) is 5.92 Å². The summed E-state index contributed by atoms with van der Waals surface area (Å²) in [5, 5.41) is 0. The number of carbonyl (C=O) groups excluding carboxylic acids is 2. The van der Waals surface area contributed by atoms with Crippen molar-refractivity contribution in [2.45, 2.75) is 12.8 Å². The van der Waals surface area contributed by atoms with Crippen LogP contribution in [0.5, 0.6) is 0 Å². The summed E-state index contributed by atoms with van der Waals surface area (Å²) in [6.07, 6.45) is 6.35. The van der Waals surface area contributed by atoms with Crippen molar-refractivity contribution in [3.8, 4) is 0 Å². The van der Waals surface area contributed by atoms with E-state index >= 15 is 0 Å². The number of carbonyl (C=O) groups is 2. The highest BCUT2D eigenvalue weighted by atomic mass is 32.1. The van der Waals surface area contributed by atoms with E-state index in [1.165, 1.54) is 0 Å². The van der Waals surface area contributed by atoms with Crippen LogP contribution >= 0.6 is 12.2 Å². The standard InChI is InChI=1S/C10H8O3S/c11-9-5-7(10(12)13-9)6-3-1-2-4-8(6)14/h1-3,7H,4-5H2. The Balaban J connectivity index is 2.26. The first kappa shape index (κ1) is 9.27. The topological polar surface area (TPSA) is 43.4 Å². The lowest BCUT2D eigenvalue weighted by molar-refractivity contribution is -0.152. The normalized spacial score (nSPS) is 26.4. The van der Waals surface area contributed by atoms with Crippen molar-refractivity contribution in [1.82, 2.24) is 0 Å². The second kappa shape index (κ2) is 3.46. The summed E-state index contributed by atoms with van der Waals surface area (Å²) in [5.41, 5.74) is 0.762. The van der Waals surface area contributed by atoms with Gasteiger partial charge >= 0.3 is 11.9 Å². The van der Waals surface area contributed by atoms with Gasteiger partial charge in [0.05, 0.1) is 12.3 Å². The van der Waals surface area contributed by atoms with Crippen LogP contribution in [-0.2, 0) is 14.3 Å². The Bertz CT molecular complexity index is 379. The van der Waals surface area contributed by atoms with Crippen LogP contribution in [0.1, 0.15) is 12.8 Å². The molecule has 1 heterocycles. The van der Waals surface area contributed by atoms with Crippen LogP contribution < -0.4 is 0 Å². The van der Waals surface area contributed by atoms with Crippen LogP contribution in [0.2, 0.25) is 0 Å². The highest BCUT2D eigenvalue weighted by Gasteiger charge is 2.37. The van der Waals surface area contributed by atoms with Crippen LogP contribution in [0.4, 0.5) is 0 Å². The highest BCUT2D eigenvalue weighted by molar-refractivity contribution is 7.80. The molecule has 0 amide bonds. The third-order valence-corrected chi connectivity index (χ3v) is 2.68. The SMILES string of the molecule is O=C1CC(C2=CC=CCC2=S)C(=O)O1. The lowest BCUT2D eigenvalue weighted by Crippen LogP contribution is -2.17. The van der Waals surface area contributed by atoms with Crippen LogP contribution in [0.25, 0.3) is 0 Å². The van der Waals surface area contributed by atoms with Gasteiger partial charge in [-0.25, -0.2) is 0 Å². The summed E-state index contributed by atoms with van der Waals surface area (Å²) in [4.78, 5) is 22.9. The molecule has 14 heavy (non-hydrogen) atoms. The molecule has 72 valence electrons. The Morgan fingerprint density at radius 3 is 2.79 bits per heavy atom. The molecule has 1 unspecified atom stereocenters. The summed E-state index contributed by atoms with van der Waals surface area (Å²) in [7, 11) is 0. The van der Waals surface area contributed by atoms with Crippen molar-refractivity contribution in [2.24, 2.45) is 5.92 Å². The van der Waals surface area contributed by atoms with E-state index in [0.717, 1.165) is 10.4 Å². The maximum atomic E-state index is 11.3. The lowest BCUT2D eigenvalue weighted by atomic mass is 9.91. The van der Waals surface area contributed by atoms with E-state index in [9.17, 15) is 9.59 Å². The van der Waals surface area contributed by atoms with Gasteiger partial charge in [0.15, 0.2) is 0 Å². The first-order valence-electron chi connectivity index (χ1n) is 4.33. The third kappa shape index (κ3) is 1.53. The van der Waals surface area contributed by atoms with Gasteiger partial charge in [-0.2, -0.15) is 0 Å². The molecule has 2 rings (SSSR count). The van der Waals surface area contributed by atoms with E-state index in [4.69, 9.17) is 12.2 Å². The van der Waals surface area contributed by atoms with Gasteiger partial charge in [-0.15, -0.1) is 0 Å². The Hall–Kier alpha value is -1.29. The Labute approximate surface area is 86.4 Å². The van der Waals surface area contributed by atoms with Crippen molar-refractivity contribution in [3.05, 3.63) is 23.8 Å². The average Bonchev–Trinajstić information content (AvgIpc) is 2.46. The molecule has 0 radical (unpaired) electrons. The fraction of sp³-hybridized carbons (Fsp3) is 0.300. The molecule has 1 aliphatic heterocycles. The van der Waals surface area contributed by atoms with Crippen molar-refractivity contribution in [3.63, 3.8) is 0 Å². The fourth-order valence-corrected chi connectivity index (χ4v) is 1.89. The second-order valence-corrected chi connectivity index (χ2v) is 3.72. The lowest BCUT2D eigenvalue weighted by Gasteiger charge is -2.12. The number of hydrogen-bond acceptors (Lipinski definition) is 4. The number of thiocarbonyl (C=S) groups is 1.